The second-order valence-corrected chi connectivity index (χ2v) is 8.24. The lowest BCUT2D eigenvalue weighted by Gasteiger charge is -2.11. The lowest BCUT2D eigenvalue weighted by Crippen LogP contribution is -2.22. The second kappa shape index (κ2) is 3.74. The van der Waals surface area contributed by atoms with Crippen LogP contribution in [0.5, 0.6) is 0 Å². The maximum Gasteiger partial charge on any atom is 0.278 e. The van der Waals surface area contributed by atoms with Crippen molar-refractivity contribution in [3.63, 3.8) is 0 Å². The Balaban J connectivity index is 2.55. The van der Waals surface area contributed by atoms with Gasteiger partial charge < -0.3 is 9.09 Å². The maximum absolute atomic E-state index is 5.31. The first-order valence-corrected chi connectivity index (χ1v) is 7.59. The summed E-state index contributed by atoms with van der Waals surface area (Å²) in [6, 6.07) is 0. The molecule has 13 heavy (non-hydrogen) atoms. The van der Waals surface area contributed by atoms with Gasteiger partial charge in [0.05, 0.1) is 0 Å². The number of hydrogen-bond donors (Lipinski definition) is 0. The molecule has 0 saturated heterocycles. The molecule has 0 spiro atoms. The summed E-state index contributed by atoms with van der Waals surface area (Å²) in [6.45, 7) is 6.26. The van der Waals surface area contributed by atoms with Crippen molar-refractivity contribution in [3.8, 4) is 0 Å². The zero-order chi connectivity index (χ0) is 9.90. The normalized spacial score (nSPS) is 12.3. The van der Waals surface area contributed by atoms with E-state index in [9.17, 15) is 0 Å². The Labute approximate surface area is 79.4 Å². The van der Waals surface area contributed by atoms with E-state index in [1.54, 1.807) is 12.4 Å². The van der Waals surface area contributed by atoms with Crippen LogP contribution in [-0.4, -0.2) is 24.1 Å². The van der Waals surface area contributed by atoms with Crippen molar-refractivity contribution in [2.75, 3.05) is 0 Å². The van der Waals surface area contributed by atoms with E-state index in [1.807, 2.05) is 17.8 Å². The van der Waals surface area contributed by atoms with Crippen molar-refractivity contribution in [1.29, 1.82) is 0 Å². The van der Waals surface area contributed by atoms with Gasteiger partial charge in [0.2, 0.25) is 0 Å². The molecular weight excluding hydrogens is 182 g/mol. The third kappa shape index (κ3) is 3.41. The molecule has 0 aliphatic carbocycles. The average Bonchev–Trinajstić information content (AvgIpc) is 2.34. The van der Waals surface area contributed by atoms with Crippen LogP contribution in [0, 0.1) is 0 Å². The molecule has 1 aromatic heterocycles. The lowest BCUT2D eigenvalue weighted by atomic mass is 10.7. The van der Waals surface area contributed by atoms with Gasteiger partial charge in [-0.2, -0.15) is 0 Å². The van der Waals surface area contributed by atoms with Gasteiger partial charge in [-0.15, -0.1) is 5.16 Å². The van der Waals surface area contributed by atoms with Gasteiger partial charge >= 0.3 is 0 Å². The van der Waals surface area contributed by atoms with Crippen LogP contribution in [0.2, 0.25) is 19.6 Å². The summed E-state index contributed by atoms with van der Waals surface area (Å²) in [7, 11) is 0.377. The third-order valence-corrected chi connectivity index (χ3v) is 2.01. The summed E-state index contributed by atoms with van der Waals surface area (Å²) < 4.78 is 7.20. The molecule has 5 heteroatoms. The van der Waals surface area contributed by atoms with E-state index in [2.05, 4.69) is 29.8 Å². The maximum atomic E-state index is 5.31. The van der Waals surface area contributed by atoms with E-state index >= 15 is 0 Å². The fourth-order valence-corrected chi connectivity index (χ4v) is 1.10. The zero-order valence-electron chi connectivity index (χ0n) is 8.48. The molecule has 0 fully saturated rings. The molecule has 0 N–H and O–H groups in total. The van der Waals surface area contributed by atoms with Crippen molar-refractivity contribution in [1.82, 2.24) is 9.55 Å². The van der Waals surface area contributed by atoms with E-state index in [0.717, 1.165) is 5.82 Å². The summed E-state index contributed by atoms with van der Waals surface area (Å²) in [5.41, 5.74) is 0. The van der Waals surface area contributed by atoms with Crippen LogP contribution < -0.4 is 0 Å². The predicted molar refractivity (Wildman–Crippen MR) is 55.2 cm³/mol. The van der Waals surface area contributed by atoms with Gasteiger partial charge in [-0.25, -0.2) is 4.98 Å². The van der Waals surface area contributed by atoms with Gasteiger partial charge in [-0.1, -0.05) is 0 Å². The van der Waals surface area contributed by atoms with Gasteiger partial charge in [-0.05, 0) is 19.6 Å². The summed E-state index contributed by atoms with van der Waals surface area (Å²) in [4.78, 5) is 4.08. The molecule has 0 bridgehead atoms. The molecule has 0 radical (unpaired) electrons. The second-order valence-electron chi connectivity index (χ2n) is 3.83. The molecule has 0 aromatic carbocycles. The van der Waals surface area contributed by atoms with Gasteiger partial charge in [0.25, 0.3) is 8.32 Å². The van der Waals surface area contributed by atoms with Crippen LogP contribution in [-0.2, 0) is 11.6 Å². The number of aryl methyl sites for hydroxylation is 1. The number of hydrogen-bond acceptors (Lipinski definition) is 3. The van der Waals surface area contributed by atoms with Crippen LogP contribution in [0.15, 0.2) is 17.5 Å². The molecule has 72 valence electrons. The summed E-state index contributed by atoms with van der Waals surface area (Å²) in [5.74, 6) is 0.804. The smallest absolute Gasteiger partial charge is 0.278 e. The minimum absolute atomic E-state index is 0.804. The third-order valence-electron chi connectivity index (χ3n) is 1.35. The van der Waals surface area contributed by atoms with E-state index in [1.165, 1.54) is 0 Å². The fourth-order valence-electron chi connectivity index (χ4n) is 0.733. The molecule has 0 aliphatic heterocycles. The SMILES string of the molecule is Cn1ccnc1/C=N/O[Si](C)(C)C. The summed E-state index contributed by atoms with van der Waals surface area (Å²) in [5, 5.41) is 3.90. The number of rotatable bonds is 3. The molecule has 4 nitrogen and oxygen atoms in total. The van der Waals surface area contributed by atoms with Crippen molar-refractivity contribution < 1.29 is 4.53 Å². The molecule has 0 unspecified atom stereocenters. The van der Waals surface area contributed by atoms with Crippen LogP contribution >= 0.6 is 0 Å². The van der Waals surface area contributed by atoms with Gasteiger partial charge in [0.1, 0.15) is 6.21 Å². The molecule has 0 atom stereocenters. The molecule has 0 aliphatic rings. The summed E-state index contributed by atoms with van der Waals surface area (Å²) in [6.07, 6.45) is 5.24. The highest BCUT2D eigenvalue weighted by Gasteiger charge is 2.15. The lowest BCUT2D eigenvalue weighted by molar-refractivity contribution is 0.337. The number of oxime groups is 1. The number of aromatic nitrogens is 2. The average molecular weight is 197 g/mol. The van der Waals surface area contributed by atoms with E-state index < -0.39 is 8.32 Å². The van der Waals surface area contributed by atoms with Crippen LogP contribution in [0.1, 0.15) is 5.82 Å². The highest BCUT2D eigenvalue weighted by Crippen LogP contribution is 2.02. The van der Waals surface area contributed by atoms with Crippen molar-refractivity contribution in [2.45, 2.75) is 19.6 Å². The topological polar surface area (TPSA) is 39.4 Å². The molecule has 0 amide bonds. The zero-order valence-corrected chi connectivity index (χ0v) is 9.48. The van der Waals surface area contributed by atoms with Crippen molar-refractivity contribution in [3.05, 3.63) is 18.2 Å². The minimum Gasteiger partial charge on any atom is -0.456 e. The van der Waals surface area contributed by atoms with Crippen LogP contribution in [0.4, 0.5) is 0 Å². The molecule has 1 heterocycles. The van der Waals surface area contributed by atoms with Gasteiger partial charge in [0.15, 0.2) is 5.82 Å². The molecule has 1 aromatic rings. The van der Waals surface area contributed by atoms with E-state index in [0.29, 0.717) is 0 Å². The van der Waals surface area contributed by atoms with E-state index in [-0.39, 0.29) is 0 Å². The summed E-state index contributed by atoms with van der Waals surface area (Å²) >= 11 is 0. The van der Waals surface area contributed by atoms with Gasteiger partial charge in [-0.3, -0.25) is 0 Å². The molecule has 1 rings (SSSR count). The predicted octanol–water partition coefficient (Wildman–Crippen LogP) is 1.61. The van der Waals surface area contributed by atoms with Crippen LogP contribution in [0.3, 0.4) is 0 Å². The first kappa shape index (κ1) is 9.98. The number of imidazole rings is 1. The minimum atomic E-state index is -1.54. The Morgan fingerprint density at radius 3 is 2.69 bits per heavy atom. The largest absolute Gasteiger partial charge is 0.456 e. The Bertz CT molecular complexity index is 301. The Morgan fingerprint density at radius 2 is 2.23 bits per heavy atom. The first-order chi connectivity index (χ1) is 5.99. The highest BCUT2D eigenvalue weighted by atomic mass is 28.4. The Hall–Kier alpha value is -1.10. The van der Waals surface area contributed by atoms with E-state index in [4.69, 9.17) is 4.53 Å². The fraction of sp³-hybridized carbons (Fsp3) is 0.500. The standard InChI is InChI=1S/C8H15N3OSi/c1-11-6-5-9-8(11)7-10-12-13(2,3)4/h5-7H,1-4H3/b10-7+. The Morgan fingerprint density at radius 1 is 1.54 bits per heavy atom. The van der Waals surface area contributed by atoms with Gasteiger partial charge in [0, 0.05) is 19.4 Å². The quantitative estimate of drug-likeness (QED) is 0.419. The molecule has 0 saturated carbocycles. The monoisotopic (exact) mass is 197 g/mol. The number of nitrogens with zero attached hydrogens (tertiary/aromatic N) is 3. The molecular formula is C8H15N3OSi. The van der Waals surface area contributed by atoms with Crippen LogP contribution in [0.25, 0.3) is 0 Å². The first-order valence-electron chi connectivity index (χ1n) is 4.18. The van der Waals surface area contributed by atoms with Crippen molar-refractivity contribution >= 4 is 14.5 Å². The highest BCUT2D eigenvalue weighted by molar-refractivity contribution is 6.69. The van der Waals surface area contributed by atoms with Crippen molar-refractivity contribution in [2.24, 2.45) is 12.2 Å². The Kier molecular flexibility index (Phi) is 2.87.